The second kappa shape index (κ2) is 8.38. The number of sulfonamides is 1. The highest BCUT2D eigenvalue weighted by Crippen LogP contribution is 2.32. The molecule has 6 nitrogen and oxygen atoms in total. The summed E-state index contributed by atoms with van der Waals surface area (Å²) in [6, 6.07) is 9.36. The summed E-state index contributed by atoms with van der Waals surface area (Å²) in [7, 11) is -4.40. The normalized spacial score (nSPS) is 15.7. The molecule has 0 amide bonds. The smallest absolute Gasteiger partial charge is 0.389 e. The molecule has 1 saturated heterocycles. The fourth-order valence-electron chi connectivity index (χ4n) is 3.51. The van der Waals surface area contributed by atoms with Crippen LogP contribution in [0.1, 0.15) is 30.4 Å². The fraction of sp³-hybridized carbons (Fsp3) is 0.333. The van der Waals surface area contributed by atoms with E-state index in [0.717, 1.165) is 25.6 Å². The molecule has 0 saturated carbocycles. The minimum Gasteiger partial charge on any atom is -0.457 e. The third-order valence-corrected chi connectivity index (χ3v) is 6.80. The van der Waals surface area contributed by atoms with E-state index in [1.807, 2.05) is 9.62 Å². The number of halogens is 4. The fourth-order valence-corrected chi connectivity index (χ4v) is 4.82. The Bertz CT molecular complexity index is 1240. The first-order valence-electron chi connectivity index (χ1n) is 9.86. The van der Waals surface area contributed by atoms with Crippen molar-refractivity contribution in [1.82, 2.24) is 4.72 Å². The Labute approximate surface area is 181 Å². The van der Waals surface area contributed by atoms with Gasteiger partial charge < -0.3 is 14.4 Å². The molecule has 1 atom stereocenters. The third kappa shape index (κ3) is 4.74. The Morgan fingerprint density at radius 1 is 1.16 bits per heavy atom. The number of aliphatic hydroxyl groups excluding tert-OH is 1. The van der Waals surface area contributed by atoms with E-state index in [1.54, 1.807) is 6.07 Å². The van der Waals surface area contributed by atoms with Crippen LogP contribution < -0.4 is 9.62 Å². The largest absolute Gasteiger partial charge is 0.457 e. The highest BCUT2D eigenvalue weighted by Gasteiger charge is 2.29. The maximum absolute atomic E-state index is 14.5. The van der Waals surface area contributed by atoms with Gasteiger partial charge >= 0.3 is 6.18 Å². The summed E-state index contributed by atoms with van der Waals surface area (Å²) in [5.41, 5.74) is 0.723. The van der Waals surface area contributed by atoms with Crippen LogP contribution in [0, 0.1) is 5.82 Å². The summed E-state index contributed by atoms with van der Waals surface area (Å²) in [6.45, 7) is 1.57. The number of anilines is 1. The molecule has 1 unspecified atom stereocenters. The molecule has 2 aromatic carbocycles. The van der Waals surface area contributed by atoms with E-state index in [2.05, 4.69) is 0 Å². The number of hydrogen-bond donors (Lipinski definition) is 2. The molecule has 3 aromatic rings. The minimum absolute atomic E-state index is 0.0423. The topological polar surface area (TPSA) is 82.8 Å². The quantitative estimate of drug-likeness (QED) is 0.397. The summed E-state index contributed by atoms with van der Waals surface area (Å²) in [6.07, 6.45) is -7.05. The maximum atomic E-state index is 14.5. The van der Waals surface area contributed by atoms with Crippen LogP contribution in [0.5, 0.6) is 0 Å². The van der Waals surface area contributed by atoms with Crippen molar-refractivity contribution in [1.29, 1.82) is 0 Å². The molecular formula is C21H20F4N2O4S. The summed E-state index contributed by atoms with van der Waals surface area (Å²) in [5, 5.41) is 10.5. The van der Waals surface area contributed by atoms with Gasteiger partial charge in [0.25, 0.3) is 0 Å². The maximum Gasteiger partial charge on any atom is 0.389 e. The lowest BCUT2D eigenvalue weighted by Gasteiger charge is -2.33. The Hall–Kier alpha value is -2.63. The lowest BCUT2D eigenvalue weighted by atomic mass is 10.1. The predicted molar refractivity (Wildman–Crippen MR) is 109 cm³/mol. The van der Waals surface area contributed by atoms with E-state index >= 15 is 0 Å². The molecule has 0 spiro atoms. The lowest BCUT2D eigenvalue weighted by Crippen LogP contribution is -2.36. The van der Waals surface area contributed by atoms with E-state index in [4.69, 9.17) is 4.42 Å². The van der Waals surface area contributed by atoms with Gasteiger partial charge in [-0.1, -0.05) is 18.2 Å². The second-order valence-corrected chi connectivity index (χ2v) is 9.26. The van der Waals surface area contributed by atoms with Crippen LogP contribution in [0.2, 0.25) is 0 Å². The van der Waals surface area contributed by atoms with Crippen molar-refractivity contribution >= 4 is 26.7 Å². The van der Waals surface area contributed by atoms with Crippen molar-refractivity contribution < 1.29 is 35.5 Å². The van der Waals surface area contributed by atoms with Crippen molar-refractivity contribution in [2.24, 2.45) is 0 Å². The number of hydrogen-bond acceptors (Lipinski definition) is 5. The van der Waals surface area contributed by atoms with Gasteiger partial charge in [0.15, 0.2) is 6.23 Å². The van der Waals surface area contributed by atoms with Gasteiger partial charge in [-0.05, 0) is 36.6 Å². The second-order valence-electron chi connectivity index (χ2n) is 7.58. The SMILES string of the molecule is O=S(=O)(NC(O)c1cc2c(F)cc(N3CCC3)cc2o1)c1ccccc1CCC(F)(F)F. The van der Waals surface area contributed by atoms with Gasteiger partial charge in [-0.25, -0.2) is 12.8 Å². The van der Waals surface area contributed by atoms with E-state index in [0.29, 0.717) is 5.69 Å². The van der Waals surface area contributed by atoms with Crippen LogP contribution in [0.4, 0.5) is 23.2 Å². The van der Waals surface area contributed by atoms with Crippen LogP contribution in [0.25, 0.3) is 11.0 Å². The van der Waals surface area contributed by atoms with Crippen LogP contribution in [0.3, 0.4) is 0 Å². The number of fused-ring (bicyclic) bond motifs is 1. The highest BCUT2D eigenvalue weighted by atomic mass is 32.2. The number of nitrogens with one attached hydrogen (secondary N) is 1. The van der Waals surface area contributed by atoms with Crippen LogP contribution in [-0.4, -0.2) is 32.8 Å². The van der Waals surface area contributed by atoms with Gasteiger partial charge in [0.2, 0.25) is 10.0 Å². The van der Waals surface area contributed by atoms with Gasteiger partial charge in [-0.3, -0.25) is 0 Å². The number of aliphatic hydroxyl groups is 1. The molecule has 1 aliphatic rings. The first kappa shape index (κ1) is 22.6. The monoisotopic (exact) mass is 472 g/mol. The molecule has 0 radical (unpaired) electrons. The molecule has 0 bridgehead atoms. The standard InChI is InChI=1S/C21H20F4N2O4S/c22-16-10-14(27-8-3-9-27)11-17-15(16)12-18(31-17)20(28)26-32(29,30)19-5-2-1-4-13(19)6-7-21(23,24)25/h1-2,4-5,10-12,20,26,28H,3,6-9H2. The molecule has 2 N–H and O–H groups in total. The highest BCUT2D eigenvalue weighted by molar-refractivity contribution is 7.89. The molecule has 11 heteroatoms. The van der Waals surface area contributed by atoms with Gasteiger partial charge in [0.05, 0.1) is 10.3 Å². The van der Waals surface area contributed by atoms with Gasteiger partial charge in [-0.15, -0.1) is 0 Å². The molecular weight excluding hydrogens is 452 g/mol. The van der Waals surface area contributed by atoms with E-state index in [9.17, 15) is 31.1 Å². The van der Waals surface area contributed by atoms with Crippen molar-refractivity contribution in [2.45, 2.75) is 36.6 Å². The predicted octanol–water partition coefficient (Wildman–Crippen LogP) is 4.25. The first-order chi connectivity index (χ1) is 15.0. The van der Waals surface area contributed by atoms with Crippen LogP contribution >= 0.6 is 0 Å². The Morgan fingerprint density at radius 3 is 2.53 bits per heavy atom. The van der Waals surface area contributed by atoms with Gasteiger partial charge in [0.1, 0.15) is 17.2 Å². The molecule has 4 rings (SSSR count). The van der Waals surface area contributed by atoms with E-state index < -0.39 is 41.1 Å². The average Bonchev–Trinajstić information content (AvgIpc) is 3.09. The third-order valence-electron chi connectivity index (χ3n) is 5.29. The Balaban J connectivity index is 1.57. The number of rotatable bonds is 7. The Kier molecular flexibility index (Phi) is 5.91. The van der Waals surface area contributed by atoms with E-state index in [-0.39, 0.29) is 27.2 Å². The molecule has 1 fully saturated rings. The van der Waals surface area contributed by atoms with Crippen LogP contribution in [0.15, 0.2) is 51.8 Å². The minimum atomic E-state index is -4.45. The number of aryl methyl sites for hydroxylation is 1. The Morgan fingerprint density at radius 2 is 1.88 bits per heavy atom. The molecule has 2 heterocycles. The first-order valence-corrected chi connectivity index (χ1v) is 11.3. The van der Waals surface area contributed by atoms with Crippen molar-refractivity contribution in [3.8, 4) is 0 Å². The lowest BCUT2D eigenvalue weighted by molar-refractivity contribution is -0.134. The van der Waals surface area contributed by atoms with Crippen LogP contribution in [-0.2, 0) is 16.4 Å². The number of nitrogens with zero attached hydrogens (tertiary/aromatic N) is 1. The van der Waals surface area contributed by atoms with E-state index in [1.165, 1.54) is 30.3 Å². The molecule has 172 valence electrons. The summed E-state index contributed by atoms with van der Waals surface area (Å²) in [5.74, 6) is -0.817. The molecule has 0 aliphatic carbocycles. The number of alkyl halides is 3. The molecule has 1 aliphatic heterocycles. The molecule has 32 heavy (non-hydrogen) atoms. The molecule has 1 aromatic heterocycles. The summed E-state index contributed by atoms with van der Waals surface area (Å²) in [4.78, 5) is 1.56. The summed E-state index contributed by atoms with van der Waals surface area (Å²) < 4.78 is 85.2. The van der Waals surface area contributed by atoms with Crippen molar-refractivity contribution in [2.75, 3.05) is 18.0 Å². The van der Waals surface area contributed by atoms with Crippen molar-refractivity contribution in [3.63, 3.8) is 0 Å². The van der Waals surface area contributed by atoms with Gasteiger partial charge in [-0.2, -0.15) is 17.9 Å². The average molecular weight is 472 g/mol. The summed E-state index contributed by atoms with van der Waals surface area (Å²) >= 11 is 0. The zero-order valence-electron chi connectivity index (χ0n) is 16.7. The van der Waals surface area contributed by atoms with Gasteiger partial charge in [0, 0.05) is 31.3 Å². The van der Waals surface area contributed by atoms with Crippen molar-refractivity contribution in [3.05, 3.63) is 59.6 Å². The number of benzene rings is 2. The zero-order valence-corrected chi connectivity index (χ0v) is 17.5. The zero-order chi connectivity index (χ0) is 23.1. The number of furan rings is 1.